The van der Waals surface area contributed by atoms with Gasteiger partial charge < -0.3 is 10.6 Å². The minimum absolute atomic E-state index is 0.0325. The number of aromatic nitrogens is 1. The molecule has 0 aliphatic rings. The summed E-state index contributed by atoms with van der Waals surface area (Å²) in [7, 11) is 1.79. The molecule has 1 aromatic heterocycles. The van der Waals surface area contributed by atoms with Gasteiger partial charge in [-0.1, -0.05) is 26.8 Å². The van der Waals surface area contributed by atoms with Crippen LogP contribution in [0.15, 0.2) is 18.2 Å². The molecule has 0 bridgehead atoms. The molecule has 1 atom stereocenters. The van der Waals surface area contributed by atoms with Crippen molar-refractivity contribution in [2.24, 2.45) is 5.41 Å². The van der Waals surface area contributed by atoms with Crippen LogP contribution in [0.1, 0.15) is 38.2 Å². The van der Waals surface area contributed by atoms with E-state index < -0.39 is 0 Å². The van der Waals surface area contributed by atoms with E-state index in [1.165, 1.54) is 0 Å². The minimum Gasteiger partial charge on any atom is -0.384 e. The number of nitrogens with two attached hydrogens (primary N) is 1. The van der Waals surface area contributed by atoms with Crippen molar-refractivity contribution < 1.29 is 4.79 Å². The first-order chi connectivity index (χ1) is 7.73. The highest BCUT2D eigenvalue weighted by Crippen LogP contribution is 2.23. The van der Waals surface area contributed by atoms with E-state index in [9.17, 15) is 4.79 Å². The van der Waals surface area contributed by atoms with Crippen LogP contribution in [0.2, 0.25) is 0 Å². The predicted octanol–water partition coefficient (Wildman–Crippen LogP) is 2.17. The standard InChI is InChI=1S/C13H21N3O/c1-9(13(2,3)4)16(5)12(17)10-7-6-8-11(14)15-10/h6-9H,1-5H3,(H2,14,15). The molecular weight excluding hydrogens is 214 g/mol. The lowest BCUT2D eigenvalue weighted by Gasteiger charge is -2.35. The lowest BCUT2D eigenvalue weighted by Crippen LogP contribution is -2.43. The number of pyridine rings is 1. The van der Waals surface area contributed by atoms with Crippen LogP contribution in [0.5, 0.6) is 0 Å². The number of carbonyl (C=O) groups excluding carboxylic acids is 1. The van der Waals surface area contributed by atoms with E-state index >= 15 is 0 Å². The average molecular weight is 235 g/mol. The number of nitrogens with zero attached hydrogens (tertiary/aromatic N) is 2. The summed E-state index contributed by atoms with van der Waals surface area (Å²) in [6.45, 7) is 8.35. The highest BCUT2D eigenvalue weighted by Gasteiger charge is 2.28. The second-order valence-electron chi connectivity index (χ2n) is 5.41. The molecule has 1 unspecified atom stereocenters. The maximum Gasteiger partial charge on any atom is 0.272 e. The summed E-state index contributed by atoms with van der Waals surface area (Å²) in [5, 5.41) is 0. The van der Waals surface area contributed by atoms with Gasteiger partial charge in [0.2, 0.25) is 0 Å². The van der Waals surface area contributed by atoms with Crippen molar-refractivity contribution in [1.82, 2.24) is 9.88 Å². The van der Waals surface area contributed by atoms with Gasteiger partial charge >= 0.3 is 0 Å². The molecule has 0 aliphatic heterocycles. The van der Waals surface area contributed by atoms with Crippen LogP contribution in [0.4, 0.5) is 5.82 Å². The zero-order chi connectivity index (χ0) is 13.2. The molecule has 1 rings (SSSR count). The Hall–Kier alpha value is -1.58. The number of nitrogen functional groups attached to an aromatic ring is 1. The Labute approximate surface area is 103 Å². The molecule has 17 heavy (non-hydrogen) atoms. The molecule has 94 valence electrons. The molecule has 0 saturated carbocycles. The van der Waals surface area contributed by atoms with Gasteiger partial charge in [-0.2, -0.15) is 0 Å². The Morgan fingerprint density at radius 3 is 2.47 bits per heavy atom. The molecule has 2 N–H and O–H groups in total. The molecule has 0 spiro atoms. The van der Waals surface area contributed by atoms with E-state index in [0.717, 1.165) is 0 Å². The van der Waals surface area contributed by atoms with Crippen molar-refractivity contribution in [2.75, 3.05) is 12.8 Å². The maximum absolute atomic E-state index is 12.2. The summed E-state index contributed by atoms with van der Waals surface area (Å²) in [5.74, 6) is 0.271. The Morgan fingerprint density at radius 1 is 1.41 bits per heavy atom. The van der Waals surface area contributed by atoms with Crippen molar-refractivity contribution >= 4 is 11.7 Å². The minimum atomic E-state index is -0.0975. The average Bonchev–Trinajstić information content (AvgIpc) is 2.25. The normalized spacial score (nSPS) is 13.2. The van der Waals surface area contributed by atoms with Crippen molar-refractivity contribution in [3.8, 4) is 0 Å². The van der Waals surface area contributed by atoms with Crippen LogP contribution >= 0.6 is 0 Å². The molecular formula is C13H21N3O. The third-order valence-corrected chi connectivity index (χ3v) is 3.14. The van der Waals surface area contributed by atoms with Gasteiger partial charge in [0, 0.05) is 13.1 Å². The van der Waals surface area contributed by atoms with Crippen LogP contribution in [-0.4, -0.2) is 28.9 Å². The second kappa shape index (κ2) is 4.73. The third kappa shape index (κ3) is 3.19. The summed E-state index contributed by atoms with van der Waals surface area (Å²) in [4.78, 5) is 17.9. The van der Waals surface area contributed by atoms with Crippen LogP contribution < -0.4 is 5.73 Å². The van der Waals surface area contributed by atoms with Gasteiger partial charge in [-0.15, -0.1) is 0 Å². The first-order valence-corrected chi connectivity index (χ1v) is 5.73. The van der Waals surface area contributed by atoms with E-state index in [0.29, 0.717) is 11.5 Å². The number of hydrogen-bond acceptors (Lipinski definition) is 3. The lowest BCUT2D eigenvalue weighted by molar-refractivity contribution is 0.0623. The van der Waals surface area contributed by atoms with Crippen molar-refractivity contribution in [2.45, 2.75) is 33.7 Å². The number of amides is 1. The Bertz CT molecular complexity index is 409. The largest absolute Gasteiger partial charge is 0.384 e. The monoisotopic (exact) mass is 235 g/mol. The molecule has 0 fully saturated rings. The summed E-state index contributed by atoms with van der Waals surface area (Å²) in [6.07, 6.45) is 0. The Morgan fingerprint density at radius 2 is 2.00 bits per heavy atom. The molecule has 1 heterocycles. The molecule has 1 amide bonds. The first-order valence-electron chi connectivity index (χ1n) is 5.73. The predicted molar refractivity (Wildman–Crippen MR) is 69.7 cm³/mol. The van der Waals surface area contributed by atoms with Crippen LogP contribution in [0.3, 0.4) is 0 Å². The first kappa shape index (κ1) is 13.5. The number of rotatable bonds is 2. The van der Waals surface area contributed by atoms with E-state index in [4.69, 9.17) is 5.73 Å². The topological polar surface area (TPSA) is 59.2 Å². The fourth-order valence-electron chi connectivity index (χ4n) is 1.51. The fourth-order valence-corrected chi connectivity index (χ4v) is 1.51. The van der Waals surface area contributed by atoms with E-state index in [1.54, 1.807) is 30.1 Å². The van der Waals surface area contributed by atoms with Gasteiger partial charge in [0.25, 0.3) is 5.91 Å². The van der Waals surface area contributed by atoms with Gasteiger partial charge in [-0.05, 0) is 24.5 Å². The molecule has 4 heteroatoms. The zero-order valence-corrected chi connectivity index (χ0v) is 11.2. The van der Waals surface area contributed by atoms with Gasteiger partial charge in [-0.3, -0.25) is 4.79 Å². The Balaban J connectivity index is 2.91. The number of hydrogen-bond donors (Lipinski definition) is 1. The molecule has 0 aliphatic carbocycles. The lowest BCUT2D eigenvalue weighted by atomic mass is 9.87. The summed E-state index contributed by atoms with van der Waals surface area (Å²) in [5.41, 5.74) is 6.00. The summed E-state index contributed by atoms with van der Waals surface area (Å²) in [6, 6.07) is 5.22. The second-order valence-corrected chi connectivity index (χ2v) is 5.41. The molecule has 0 saturated heterocycles. The van der Waals surface area contributed by atoms with Gasteiger partial charge in [-0.25, -0.2) is 4.98 Å². The van der Waals surface area contributed by atoms with Crippen LogP contribution in [0.25, 0.3) is 0 Å². The third-order valence-electron chi connectivity index (χ3n) is 3.14. The highest BCUT2D eigenvalue weighted by molar-refractivity contribution is 5.92. The van der Waals surface area contributed by atoms with E-state index in [2.05, 4.69) is 25.8 Å². The molecule has 4 nitrogen and oxygen atoms in total. The quantitative estimate of drug-likeness (QED) is 0.854. The zero-order valence-electron chi connectivity index (χ0n) is 11.2. The van der Waals surface area contributed by atoms with Crippen LogP contribution in [-0.2, 0) is 0 Å². The van der Waals surface area contributed by atoms with E-state index in [1.807, 2.05) is 6.92 Å². The number of anilines is 1. The van der Waals surface area contributed by atoms with Gasteiger partial charge in [0.1, 0.15) is 11.5 Å². The van der Waals surface area contributed by atoms with E-state index in [-0.39, 0.29) is 17.4 Å². The summed E-state index contributed by atoms with van der Waals surface area (Å²) >= 11 is 0. The van der Waals surface area contributed by atoms with Crippen molar-refractivity contribution in [3.63, 3.8) is 0 Å². The fraction of sp³-hybridized carbons (Fsp3) is 0.538. The number of carbonyl (C=O) groups is 1. The van der Waals surface area contributed by atoms with Crippen LogP contribution in [0, 0.1) is 5.41 Å². The molecule has 1 aromatic rings. The smallest absolute Gasteiger partial charge is 0.272 e. The Kier molecular flexibility index (Phi) is 3.76. The summed E-state index contributed by atoms with van der Waals surface area (Å²) < 4.78 is 0. The molecule has 0 aromatic carbocycles. The maximum atomic E-state index is 12.2. The SMILES string of the molecule is CC(N(C)C(=O)c1cccc(N)n1)C(C)(C)C. The van der Waals surface area contributed by atoms with Crippen molar-refractivity contribution in [3.05, 3.63) is 23.9 Å². The van der Waals surface area contributed by atoms with Crippen molar-refractivity contribution in [1.29, 1.82) is 0 Å². The molecule has 0 radical (unpaired) electrons. The highest BCUT2D eigenvalue weighted by atomic mass is 16.2. The van der Waals surface area contributed by atoms with Gasteiger partial charge in [0.05, 0.1) is 0 Å². The van der Waals surface area contributed by atoms with Gasteiger partial charge in [0.15, 0.2) is 0 Å².